The summed E-state index contributed by atoms with van der Waals surface area (Å²) in [5.74, 6) is 0. The molecule has 0 saturated heterocycles. The molecule has 7 nitrogen and oxygen atoms in total. The van der Waals surface area contributed by atoms with Gasteiger partial charge in [0.05, 0.1) is 5.39 Å². The summed E-state index contributed by atoms with van der Waals surface area (Å²) in [5.41, 5.74) is -1.78. The number of nitrogens with one attached hydrogen (secondary N) is 3. The lowest BCUT2D eigenvalue weighted by atomic mass is 9.99. The van der Waals surface area contributed by atoms with Gasteiger partial charge in [0, 0.05) is 10.6 Å². The molecule has 3 rings (SSSR count). The molecule has 0 saturated carbocycles. The van der Waals surface area contributed by atoms with Gasteiger partial charge in [-0.15, -0.1) is 0 Å². The summed E-state index contributed by atoms with van der Waals surface area (Å²) in [4.78, 5) is 42.2. The number of rotatable bonds is 1. The molecule has 0 atom stereocenters. The number of nitrogens with zero attached hydrogens (tertiary/aromatic N) is 1. The number of halogens is 1. The van der Waals surface area contributed by atoms with Crippen LogP contribution in [0.25, 0.3) is 22.2 Å². The molecule has 3 N–H and O–H groups in total. The van der Waals surface area contributed by atoms with Gasteiger partial charge in [0.2, 0.25) is 0 Å². The van der Waals surface area contributed by atoms with Crippen LogP contribution in [0, 0.1) is 11.3 Å². The second-order valence-electron chi connectivity index (χ2n) is 4.48. The minimum atomic E-state index is -0.750. The molecule has 0 unspecified atom stereocenters. The van der Waals surface area contributed by atoms with E-state index in [1.54, 1.807) is 30.3 Å². The second kappa shape index (κ2) is 5.02. The standard InChI is InChI=1S/C14H7ClN4O3/c15-7-3-1-6(2-4-7)9-8(5-16)12(20)17-11-10(9)13(21)19-14(22)18-11/h1-4H,(H3,17,18,19,20,21,22). The minimum absolute atomic E-state index is 0.0260. The van der Waals surface area contributed by atoms with E-state index in [0.717, 1.165) is 0 Å². The Bertz CT molecular complexity index is 1100. The molecule has 0 spiro atoms. The fourth-order valence-electron chi connectivity index (χ4n) is 2.25. The van der Waals surface area contributed by atoms with Crippen molar-refractivity contribution in [1.82, 2.24) is 15.0 Å². The Morgan fingerprint density at radius 3 is 2.27 bits per heavy atom. The van der Waals surface area contributed by atoms with E-state index in [0.29, 0.717) is 10.6 Å². The first-order chi connectivity index (χ1) is 10.5. The second-order valence-corrected chi connectivity index (χ2v) is 4.92. The number of benzene rings is 1. The molecular formula is C14H7ClN4O3. The maximum absolute atomic E-state index is 12.1. The van der Waals surface area contributed by atoms with Crippen molar-refractivity contribution in [2.75, 3.05) is 0 Å². The van der Waals surface area contributed by atoms with Gasteiger partial charge in [-0.25, -0.2) is 4.79 Å². The molecule has 8 heteroatoms. The Hall–Kier alpha value is -3.11. The van der Waals surface area contributed by atoms with E-state index in [2.05, 4.69) is 15.0 Å². The summed E-state index contributed by atoms with van der Waals surface area (Å²) in [7, 11) is 0. The van der Waals surface area contributed by atoms with Crippen molar-refractivity contribution in [3.8, 4) is 17.2 Å². The van der Waals surface area contributed by atoms with Crippen molar-refractivity contribution in [2.45, 2.75) is 0 Å². The first-order valence-corrected chi connectivity index (χ1v) is 6.47. The number of H-pyrrole nitrogens is 3. The van der Waals surface area contributed by atoms with Crippen LogP contribution in [0.3, 0.4) is 0 Å². The summed E-state index contributed by atoms with van der Waals surface area (Å²) in [6.07, 6.45) is 0. The lowest BCUT2D eigenvalue weighted by Crippen LogP contribution is -2.26. The molecule has 0 aliphatic heterocycles. The molecule has 1 aromatic carbocycles. The molecule has 0 radical (unpaired) electrons. The van der Waals surface area contributed by atoms with E-state index in [9.17, 15) is 19.6 Å². The van der Waals surface area contributed by atoms with Gasteiger partial charge < -0.3 is 4.98 Å². The maximum atomic E-state index is 12.1. The van der Waals surface area contributed by atoms with Gasteiger partial charge in [-0.3, -0.25) is 19.6 Å². The van der Waals surface area contributed by atoms with Crippen LogP contribution in [0.2, 0.25) is 5.02 Å². The van der Waals surface area contributed by atoms with Gasteiger partial charge in [-0.05, 0) is 17.7 Å². The third-order valence-electron chi connectivity index (χ3n) is 3.15. The van der Waals surface area contributed by atoms with E-state index in [1.807, 2.05) is 0 Å². The van der Waals surface area contributed by atoms with E-state index in [-0.39, 0.29) is 22.2 Å². The van der Waals surface area contributed by atoms with E-state index >= 15 is 0 Å². The minimum Gasteiger partial charge on any atom is -0.307 e. The number of aromatic nitrogens is 3. The van der Waals surface area contributed by atoms with Crippen LogP contribution >= 0.6 is 11.6 Å². The Balaban J connectivity index is 2.59. The predicted octanol–water partition coefficient (Wildman–Crippen LogP) is 1.10. The third kappa shape index (κ3) is 2.12. The van der Waals surface area contributed by atoms with Crippen molar-refractivity contribution < 1.29 is 0 Å². The normalized spacial score (nSPS) is 10.5. The lowest BCUT2D eigenvalue weighted by molar-refractivity contribution is 1.05. The average molecular weight is 315 g/mol. The van der Waals surface area contributed by atoms with Crippen LogP contribution in [-0.2, 0) is 0 Å². The zero-order valence-corrected chi connectivity index (χ0v) is 11.6. The van der Waals surface area contributed by atoms with Gasteiger partial charge in [-0.1, -0.05) is 23.7 Å². The molecule has 2 heterocycles. The summed E-state index contributed by atoms with van der Waals surface area (Å²) < 4.78 is 0. The molecule has 0 amide bonds. The van der Waals surface area contributed by atoms with Gasteiger partial charge in [0.25, 0.3) is 11.1 Å². The molecule has 0 bridgehead atoms. The fourth-order valence-corrected chi connectivity index (χ4v) is 2.37. The first-order valence-electron chi connectivity index (χ1n) is 6.10. The van der Waals surface area contributed by atoms with Gasteiger partial charge in [0.1, 0.15) is 17.3 Å². The quantitative estimate of drug-likeness (QED) is 0.622. The highest BCUT2D eigenvalue weighted by molar-refractivity contribution is 6.30. The molecule has 3 aromatic rings. The maximum Gasteiger partial charge on any atom is 0.327 e. The molecule has 2 aromatic heterocycles. The van der Waals surface area contributed by atoms with Crippen LogP contribution in [0.1, 0.15) is 5.56 Å². The van der Waals surface area contributed by atoms with Crippen LogP contribution in [-0.4, -0.2) is 15.0 Å². The van der Waals surface area contributed by atoms with Crippen molar-refractivity contribution in [2.24, 2.45) is 0 Å². The number of fused-ring (bicyclic) bond motifs is 1. The summed E-state index contributed by atoms with van der Waals surface area (Å²) in [6, 6.07) is 8.11. The molecule has 0 aliphatic rings. The van der Waals surface area contributed by atoms with Crippen molar-refractivity contribution >= 4 is 22.6 Å². The Morgan fingerprint density at radius 2 is 1.64 bits per heavy atom. The smallest absolute Gasteiger partial charge is 0.307 e. The van der Waals surface area contributed by atoms with Crippen LogP contribution < -0.4 is 16.8 Å². The van der Waals surface area contributed by atoms with E-state index in [4.69, 9.17) is 11.6 Å². The zero-order chi connectivity index (χ0) is 15.9. The Labute approximate surface area is 126 Å². The van der Waals surface area contributed by atoms with Crippen molar-refractivity contribution in [1.29, 1.82) is 5.26 Å². The molecule has 0 fully saturated rings. The monoisotopic (exact) mass is 314 g/mol. The average Bonchev–Trinajstić information content (AvgIpc) is 2.46. The predicted molar refractivity (Wildman–Crippen MR) is 81.0 cm³/mol. The van der Waals surface area contributed by atoms with Crippen molar-refractivity contribution in [3.05, 3.63) is 66.0 Å². The lowest BCUT2D eigenvalue weighted by Gasteiger charge is -2.07. The van der Waals surface area contributed by atoms with Crippen LogP contribution in [0.15, 0.2) is 38.6 Å². The SMILES string of the molecule is N#Cc1c(-c2ccc(Cl)cc2)c2c(=O)[nH]c(=O)[nH]c2[nH]c1=O. The van der Waals surface area contributed by atoms with Gasteiger partial charge in [0.15, 0.2) is 0 Å². The summed E-state index contributed by atoms with van der Waals surface area (Å²) in [5, 5.41) is 9.74. The van der Waals surface area contributed by atoms with E-state index in [1.165, 1.54) is 0 Å². The van der Waals surface area contributed by atoms with Gasteiger partial charge >= 0.3 is 5.69 Å². The number of pyridine rings is 1. The number of hydrogen-bond donors (Lipinski definition) is 3. The number of aromatic amines is 3. The molecule has 0 aliphatic carbocycles. The van der Waals surface area contributed by atoms with Gasteiger partial charge in [-0.2, -0.15) is 5.26 Å². The van der Waals surface area contributed by atoms with Crippen molar-refractivity contribution in [3.63, 3.8) is 0 Å². The largest absolute Gasteiger partial charge is 0.327 e. The molecule has 22 heavy (non-hydrogen) atoms. The topological polar surface area (TPSA) is 122 Å². The Kier molecular flexibility index (Phi) is 3.16. The highest BCUT2D eigenvalue weighted by atomic mass is 35.5. The highest BCUT2D eigenvalue weighted by Gasteiger charge is 2.17. The Morgan fingerprint density at radius 1 is 0.955 bits per heavy atom. The first kappa shape index (κ1) is 13.9. The number of nitriles is 1. The van der Waals surface area contributed by atoms with Crippen LogP contribution in [0.4, 0.5) is 0 Å². The third-order valence-corrected chi connectivity index (χ3v) is 3.40. The molecule has 108 valence electrons. The zero-order valence-electron chi connectivity index (χ0n) is 10.9. The number of hydrogen-bond acceptors (Lipinski definition) is 4. The van der Waals surface area contributed by atoms with Crippen LogP contribution in [0.5, 0.6) is 0 Å². The summed E-state index contributed by atoms with van der Waals surface area (Å²) >= 11 is 5.83. The summed E-state index contributed by atoms with van der Waals surface area (Å²) in [6.45, 7) is 0. The van der Waals surface area contributed by atoms with E-state index < -0.39 is 16.8 Å². The fraction of sp³-hybridized carbons (Fsp3) is 0. The molecular weight excluding hydrogens is 308 g/mol. The highest BCUT2D eigenvalue weighted by Crippen LogP contribution is 2.27.